The zero-order valence-electron chi connectivity index (χ0n) is 10.8. The van der Waals surface area contributed by atoms with Gasteiger partial charge >= 0.3 is 0 Å². The normalized spacial score (nSPS) is 23.9. The van der Waals surface area contributed by atoms with Gasteiger partial charge in [0.25, 0.3) is 5.91 Å². The van der Waals surface area contributed by atoms with Crippen LogP contribution in [0.3, 0.4) is 0 Å². The average molecular weight is 315 g/mol. The van der Waals surface area contributed by atoms with Crippen molar-refractivity contribution in [2.75, 3.05) is 6.54 Å². The molecule has 2 unspecified atom stereocenters. The number of rotatable bonds is 3. The van der Waals surface area contributed by atoms with Gasteiger partial charge in [-0.2, -0.15) is 0 Å². The average Bonchev–Trinajstić information content (AvgIpc) is 2.67. The molecule has 1 aliphatic rings. The van der Waals surface area contributed by atoms with Crippen LogP contribution in [-0.4, -0.2) is 22.3 Å². The van der Waals surface area contributed by atoms with Crippen LogP contribution < -0.4 is 5.32 Å². The third kappa shape index (κ3) is 3.13. The fourth-order valence-electron chi connectivity index (χ4n) is 2.44. The molecule has 2 rings (SSSR count). The first kappa shape index (κ1) is 13.6. The number of hydrogen-bond acceptors (Lipinski definition) is 3. The van der Waals surface area contributed by atoms with Crippen molar-refractivity contribution in [1.82, 2.24) is 10.3 Å². The SMILES string of the molecule is Cc1nc(C)c(C(=O)NCC2CCCCC2Br)o1. The lowest BCUT2D eigenvalue weighted by molar-refractivity contribution is 0.0914. The molecule has 1 aromatic rings. The molecule has 100 valence electrons. The molecule has 0 spiro atoms. The monoisotopic (exact) mass is 314 g/mol. The molecule has 0 radical (unpaired) electrons. The number of carbonyl (C=O) groups excluding carboxylic acids is 1. The molecule has 1 N–H and O–H groups in total. The van der Waals surface area contributed by atoms with Gasteiger partial charge in [-0.1, -0.05) is 28.8 Å². The van der Waals surface area contributed by atoms with Crippen molar-refractivity contribution in [1.29, 1.82) is 0 Å². The number of alkyl halides is 1. The highest BCUT2D eigenvalue weighted by Crippen LogP contribution is 2.29. The third-order valence-electron chi connectivity index (χ3n) is 3.45. The Bertz CT molecular complexity index is 431. The molecule has 2 atom stereocenters. The summed E-state index contributed by atoms with van der Waals surface area (Å²) in [4.78, 5) is 16.6. The van der Waals surface area contributed by atoms with E-state index in [0.29, 0.717) is 34.6 Å². The van der Waals surface area contributed by atoms with E-state index in [0.717, 1.165) is 0 Å². The van der Waals surface area contributed by atoms with Crippen molar-refractivity contribution in [2.24, 2.45) is 5.92 Å². The highest BCUT2D eigenvalue weighted by atomic mass is 79.9. The van der Waals surface area contributed by atoms with Crippen LogP contribution in [0.25, 0.3) is 0 Å². The van der Waals surface area contributed by atoms with E-state index in [9.17, 15) is 4.79 Å². The number of hydrogen-bond donors (Lipinski definition) is 1. The molecule has 4 nitrogen and oxygen atoms in total. The third-order valence-corrected chi connectivity index (χ3v) is 4.66. The van der Waals surface area contributed by atoms with Crippen molar-refractivity contribution < 1.29 is 9.21 Å². The van der Waals surface area contributed by atoms with E-state index < -0.39 is 0 Å². The van der Waals surface area contributed by atoms with Gasteiger partial charge in [-0.05, 0) is 25.7 Å². The van der Waals surface area contributed by atoms with Crippen molar-refractivity contribution >= 4 is 21.8 Å². The standard InChI is InChI=1S/C13H19BrN2O2/c1-8-12(18-9(2)16-8)13(17)15-7-10-5-3-4-6-11(10)14/h10-11H,3-7H2,1-2H3,(H,15,17). The lowest BCUT2D eigenvalue weighted by Crippen LogP contribution is -2.34. The number of oxazole rings is 1. The summed E-state index contributed by atoms with van der Waals surface area (Å²) in [7, 11) is 0. The van der Waals surface area contributed by atoms with Crippen molar-refractivity contribution in [3.63, 3.8) is 0 Å². The first-order valence-corrected chi connectivity index (χ1v) is 7.36. The van der Waals surface area contributed by atoms with E-state index in [2.05, 4.69) is 26.2 Å². The molecular weight excluding hydrogens is 296 g/mol. The summed E-state index contributed by atoms with van der Waals surface area (Å²) in [6.45, 7) is 4.24. The van der Waals surface area contributed by atoms with E-state index in [1.807, 2.05) is 0 Å². The van der Waals surface area contributed by atoms with Gasteiger partial charge in [0.15, 0.2) is 5.89 Å². The zero-order chi connectivity index (χ0) is 13.1. The quantitative estimate of drug-likeness (QED) is 0.873. The topological polar surface area (TPSA) is 55.1 Å². The molecule has 0 saturated heterocycles. The summed E-state index contributed by atoms with van der Waals surface area (Å²) in [5.74, 6) is 1.24. The second kappa shape index (κ2) is 5.87. The molecule has 1 saturated carbocycles. The minimum Gasteiger partial charge on any atom is -0.436 e. The van der Waals surface area contributed by atoms with Gasteiger partial charge in [-0.15, -0.1) is 0 Å². The highest BCUT2D eigenvalue weighted by Gasteiger charge is 2.24. The van der Waals surface area contributed by atoms with Crippen LogP contribution in [-0.2, 0) is 0 Å². The molecule has 1 fully saturated rings. The maximum absolute atomic E-state index is 12.0. The Morgan fingerprint density at radius 1 is 1.44 bits per heavy atom. The van der Waals surface area contributed by atoms with Gasteiger partial charge in [0.1, 0.15) is 0 Å². The molecule has 1 amide bonds. The maximum Gasteiger partial charge on any atom is 0.289 e. The van der Waals surface area contributed by atoms with Gasteiger partial charge < -0.3 is 9.73 Å². The number of amides is 1. The van der Waals surface area contributed by atoms with Crippen LogP contribution in [0.2, 0.25) is 0 Å². The Hall–Kier alpha value is -0.840. The Labute approximate surface area is 116 Å². The minimum atomic E-state index is -0.154. The first-order valence-electron chi connectivity index (χ1n) is 6.44. The highest BCUT2D eigenvalue weighted by molar-refractivity contribution is 9.09. The van der Waals surface area contributed by atoms with Crippen LogP contribution in [0.15, 0.2) is 4.42 Å². The predicted octanol–water partition coefficient (Wildman–Crippen LogP) is 2.97. The Balaban J connectivity index is 1.90. The molecule has 0 bridgehead atoms. The first-order chi connectivity index (χ1) is 8.58. The lowest BCUT2D eigenvalue weighted by Gasteiger charge is -2.27. The number of nitrogens with one attached hydrogen (secondary N) is 1. The second-order valence-corrected chi connectivity index (χ2v) is 6.09. The lowest BCUT2D eigenvalue weighted by atomic mass is 9.89. The fourth-order valence-corrected chi connectivity index (χ4v) is 3.21. The fraction of sp³-hybridized carbons (Fsp3) is 0.692. The summed E-state index contributed by atoms with van der Waals surface area (Å²) in [5.41, 5.74) is 0.657. The molecule has 0 aliphatic heterocycles. The second-order valence-electron chi connectivity index (χ2n) is 4.92. The molecule has 1 aliphatic carbocycles. The number of aromatic nitrogens is 1. The maximum atomic E-state index is 12.0. The molecule has 5 heteroatoms. The van der Waals surface area contributed by atoms with E-state index in [-0.39, 0.29) is 5.91 Å². The number of carbonyl (C=O) groups is 1. The molecule has 1 aromatic heterocycles. The molecule has 18 heavy (non-hydrogen) atoms. The Morgan fingerprint density at radius 2 is 2.17 bits per heavy atom. The summed E-state index contributed by atoms with van der Waals surface area (Å²) in [6.07, 6.45) is 4.90. The van der Waals surface area contributed by atoms with E-state index in [4.69, 9.17) is 4.42 Å². The van der Waals surface area contributed by atoms with E-state index in [1.165, 1.54) is 25.7 Å². The van der Waals surface area contributed by atoms with E-state index in [1.54, 1.807) is 13.8 Å². The van der Waals surface area contributed by atoms with Crippen LogP contribution in [0, 0.1) is 19.8 Å². The van der Waals surface area contributed by atoms with Crippen LogP contribution in [0.1, 0.15) is 47.8 Å². The molecule has 0 aromatic carbocycles. The summed E-state index contributed by atoms with van der Waals surface area (Å²) >= 11 is 3.69. The van der Waals surface area contributed by atoms with Crippen LogP contribution >= 0.6 is 15.9 Å². The summed E-state index contributed by atoms with van der Waals surface area (Å²) < 4.78 is 5.31. The largest absolute Gasteiger partial charge is 0.436 e. The Morgan fingerprint density at radius 3 is 2.78 bits per heavy atom. The van der Waals surface area contributed by atoms with Gasteiger partial charge in [0, 0.05) is 18.3 Å². The minimum absolute atomic E-state index is 0.154. The van der Waals surface area contributed by atoms with Gasteiger partial charge in [-0.25, -0.2) is 4.98 Å². The van der Waals surface area contributed by atoms with Crippen molar-refractivity contribution in [2.45, 2.75) is 44.4 Å². The Kier molecular flexibility index (Phi) is 4.43. The van der Waals surface area contributed by atoms with Crippen LogP contribution in [0.4, 0.5) is 0 Å². The smallest absolute Gasteiger partial charge is 0.289 e. The molecule has 1 heterocycles. The van der Waals surface area contributed by atoms with E-state index >= 15 is 0 Å². The van der Waals surface area contributed by atoms with Gasteiger partial charge in [0.05, 0.1) is 5.69 Å². The zero-order valence-corrected chi connectivity index (χ0v) is 12.4. The van der Waals surface area contributed by atoms with Gasteiger partial charge in [-0.3, -0.25) is 4.79 Å². The van der Waals surface area contributed by atoms with Crippen molar-refractivity contribution in [3.05, 3.63) is 17.3 Å². The van der Waals surface area contributed by atoms with Crippen LogP contribution in [0.5, 0.6) is 0 Å². The van der Waals surface area contributed by atoms with Gasteiger partial charge in [0.2, 0.25) is 5.76 Å². The molecular formula is C13H19BrN2O2. The summed E-state index contributed by atoms with van der Waals surface area (Å²) in [6, 6.07) is 0. The summed E-state index contributed by atoms with van der Waals surface area (Å²) in [5, 5.41) is 2.95. The van der Waals surface area contributed by atoms with Crippen molar-refractivity contribution in [3.8, 4) is 0 Å². The predicted molar refractivity (Wildman–Crippen MR) is 73.0 cm³/mol. The number of nitrogens with zero attached hydrogens (tertiary/aromatic N) is 1. The number of halogens is 1. The number of aryl methyl sites for hydroxylation is 2.